The minimum atomic E-state index is -1.11. The first-order valence-corrected chi connectivity index (χ1v) is 7.69. The van der Waals surface area contributed by atoms with Gasteiger partial charge in [-0.1, -0.05) is 13.8 Å². The highest BCUT2D eigenvalue weighted by molar-refractivity contribution is 5.95. The van der Waals surface area contributed by atoms with Gasteiger partial charge >= 0.3 is 0 Å². The summed E-state index contributed by atoms with van der Waals surface area (Å²) in [5.41, 5.74) is -2.44. The molecule has 7 heteroatoms. The molecule has 24 heavy (non-hydrogen) atoms. The van der Waals surface area contributed by atoms with Crippen molar-refractivity contribution < 1.29 is 28.2 Å². The summed E-state index contributed by atoms with van der Waals surface area (Å²) >= 11 is 0. The van der Waals surface area contributed by atoms with Crippen molar-refractivity contribution >= 4 is 5.91 Å². The van der Waals surface area contributed by atoms with Crippen molar-refractivity contribution in [1.82, 2.24) is 4.90 Å². The monoisotopic (exact) mass is 343 g/mol. The number of methoxy groups -OCH3 is 2. The predicted molar refractivity (Wildman–Crippen MR) is 84.0 cm³/mol. The number of amides is 1. The van der Waals surface area contributed by atoms with E-state index < -0.39 is 34.1 Å². The zero-order valence-electron chi connectivity index (χ0n) is 14.4. The van der Waals surface area contributed by atoms with Crippen LogP contribution < -0.4 is 4.74 Å². The van der Waals surface area contributed by atoms with Gasteiger partial charge in [0.15, 0.2) is 11.6 Å². The van der Waals surface area contributed by atoms with Crippen LogP contribution in [0.2, 0.25) is 0 Å². The first kappa shape index (κ1) is 18.6. The van der Waals surface area contributed by atoms with Crippen molar-refractivity contribution in [2.75, 3.05) is 33.9 Å². The maximum atomic E-state index is 14.3. The molecule has 1 N–H and O–H groups in total. The topological polar surface area (TPSA) is 59.0 Å². The van der Waals surface area contributed by atoms with Gasteiger partial charge in [0.2, 0.25) is 0 Å². The van der Waals surface area contributed by atoms with Crippen LogP contribution in [0.3, 0.4) is 0 Å². The summed E-state index contributed by atoms with van der Waals surface area (Å²) in [6.45, 7) is 4.05. The summed E-state index contributed by atoms with van der Waals surface area (Å²) in [5.74, 6) is -2.89. The number of halogens is 2. The molecule has 1 heterocycles. The van der Waals surface area contributed by atoms with Crippen molar-refractivity contribution in [3.8, 4) is 5.75 Å². The largest absolute Gasteiger partial charge is 0.494 e. The molecule has 1 aliphatic heterocycles. The van der Waals surface area contributed by atoms with E-state index in [4.69, 9.17) is 9.47 Å². The smallest absolute Gasteiger partial charge is 0.259 e. The molecule has 1 saturated heterocycles. The van der Waals surface area contributed by atoms with Gasteiger partial charge in [-0.15, -0.1) is 0 Å². The highest BCUT2D eigenvalue weighted by atomic mass is 19.1. The molecule has 0 unspecified atom stereocenters. The molecule has 5 nitrogen and oxygen atoms in total. The number of hydrogen-bond donors (Lipinski definition) is 1. The Kier molecular flexibility index (Phi) is 5.15. The Hall–Kier alpha value is -1.73. The van der Waals surface area contributed by atoms with Gasteiger partial charge in [0.05, 0.1) is 19.3 Å². The van der Waals surface area contributed by atoms with Crippen LogP contribution in [-0.2, 0) is 4.74 Å². The Morgan fingerprint density at radius 3 is 2.54 bits per heavy atom. The number of rotatable bonds is 4. The van der Waals surface area contributed by atoms with Gasteiger partial charge in [0.25, 0.3) is 5.91 Å². The summed E-state index contributed by atoms with van der Waals surface area (Å²) in [6, 6.07) is 2.14. The molecule has 1 aliphatic rings. The number of aliphatic hydroxyl groups is 1. The second-order valence-corrected chi connectivity index (χ2v) is 6.76. The number of likely N-dealkylation sites (tertiary alicyclic amines) is 1. The maximum absolute atomic E-state index is 14.3. The highest BCUT2D eigenvalue weighted by Gasteiger charge is 2.49. The number of ether oxygens (including phenoxy) is 2. The molecule has 0 aromatic heterocycles. The summed E-state index contributed by atoms with van der Waals surface area (Å²) in [6.07, 6.45) is 0.257. The van der Waals surface area contributed by atoms with E-state index in [1.165, 1.54) is 19.1 Å². The summed E-state index contributed by atoms with van der Waals surface area (Å²) in [5, 5.41) is 10.7. The van der Waals surface area contributed by atoms with E-state index in [9.17, 15) is 18.7 Å². The molecule has 134 valence electrons. The van der Waals surface area contributed by atoms with Crippen molar-refractivity contribution in [2.24, 2.45) is 5.41 Å². The third-order valence-corrected chi connectivity index (χ3v) is 4.80. The second-order valence-electron chi connectivity index (χ2n) is 6.76. The van der Waals surface area contributed by atoms with Gasteiger partial charge in [0, 0.05) is 25.6 Å². The van der Waals surface area contributed by atoms with Crippen molar-refractivity contribution in [3.05, 3.63) is 29.3 Å². The third kappa shape index (κ3) is 3.10. The lowest BCUT2D eigenvalue weighted by Crippen LogP contribution is -2.60. The molecular weight excluding hydrogens is 320 g/mol. The highest BCUT2D eigenvalue weighted by Crippen LogP contribution is 2.39. The molecular formula is C17H23F2NO4. The molecule has 2 rings (SSSR count). The number of nitrogens with zero attached hydrogens (tertiary/aromatic N) is 1. The normalized spacial score (nSPS) is 23.2. The van der Waals surface area contributed by atoms with Crippen LogP contribution in [0.1, 0.15) is 30.6 Å². The number of benzene rings is 1. The SMILES string of the molecule is COC[C@]1(O)CCN(C(=O)c2c(F)ccc(OC)c2F)CC1(C)C. The molecule has 1 amide bonds. The van der Waals surface area contributed by atoms with Gasteiger partial charge in [-0.3, -0.25) is 4.79 Å². The quantitative estimate of drug-likeness (QED) is 0.911. The maximum Gasteiger partial charge on any atom is 0.259 e. The Labute approximate surface area is 140 Å². The summed E-state index contributed by atoms with van der Waals surface area (Å²) in [4.78, 5) is 14.0. The minimum absolute atomic E-state index is 0.129. The van der Waals surface area contributed by atoms with Crippen LogP contribution in [-0.4, -0.2) is 55.4 Å². The first-order valence-electron chi connectivity index (χ1n) is 7.69. The fourth-order valence-corrected chi connectivity index (χ4v) is 3.09. The van der Waals surface area contributed by atoms with Crippen molar-refractivity contribution in [1.29, 1.82) is 0 Å². The van der Waals surface area contributed by atoms with Gasteiger partial charge < -0.3 is 19.5 Å². The van der Waals surface area contributed by atoms with Gasteiger partial charge in [-0.05, 0) is 18.6 Å². The molecule has 1 fully saturated rings. The third-order valence-electron chi connectivity index (χ3n) is 4.80. The molecule has 1 aromatic rings. The number of carbonyl (C=O) groups excluding carboxylic acids is 1. The van der Waals surface area contributed by atoms with E-state index in [1.54, 1.807) is 13.8 Å². The van der Waals surface area contributed by atoms with E-state index in [0.717, 1.165) is 12.1 Å². The zero-order chi connectivity index (χ0) is 18.1. The summed E-state index contributed by atoms with van der Waals surface area (Å²) in [7, 11) is 2.74. The summed E-state index contributed by atoms with van der Waals surface area (Å²) < 4.78 is 38.2. The van der Waals surface area contributed by atoms with E-state index in [-0.39, 0.29) is 31.9 Å². The van der Waals surface area contributed by atoms with Crippen LogP contribution >= 0.6 is 0 Å². The van der Waals surface area contributed by atoms with Crippen LogP contribution in [0.5, 0.6) is 5.75 Å². The Morgan fingerprint density at radius 1 is 1.33 bits per heavy atom. The molecule has 0 aliphatic carbocycles. The lowest BCUT2D eigenvalue weighted by atomic mass is 9.70. The molecule has 0 radical (unpaired) electrons. The first-order chi connectivity index (χ1) is 11.2. The van der Waals surface area contributed by atoms with E-state index in [0.29, 0.717) is 0 Å². The molecule has 0 bridgehead atoms. The van der Waals surface area contributed by atoms with Crippen LogP contribution in [0.25, 0.3) is 0 Å². The van der Waals surface area contributed by atoms with Crippen LogP contribution in [0.4, 0.5) is 8.78 Å². The molecule has 1 aromatic carbocycles. The standard InChI is InChI=1S/C17H23F2NO4/c1-16(2)9-20(8-7-17(16,22)10-23-3)15(21)13-11(18)5-6-12(24-4)14(13)19/h5-6,22H,7-10H2,1-4H3/t17-/m1/s1. The van der Waals surface area contributed by atoms with E-state index >= 15 is 0 Å². The average molecular weight is 343 g/mol. The minimum Gasteiger partial charge on any atom is -0.494 e. The van der Waals surface area contributed by atoms with Gasteiger partial charge in [-0.25, -0.2) is 8.78 Å². The molecule has 0 saturated carbocycles. The molecule has 1 atom stereocenters. The van der Waals surface area contributed by atoms with Gasteiger partial charge in [0.1, 0.15) is 11.4 Å². The average Bonchev–Trinajstić information content (AvgIpc) is 2.50. The number of piperidine rings is 1. The van der Waals surface area contributed by atoms with Gasteiger partial charge in [-0.2, -0.15) is 0 Å². The zero-order valence-corrected chi connectivity index (χ0v) is 14.4. The van der Waals surface area contributed by atoms with E-state index in [1.807, 2.05) is 0 Å². The lowest BCUT2D eigenvalue weighted by molar-refractivity contribution is -0.144. The fourth-order valence-electron chi connectivity index (χ4n) is 3.09. The van der Waals surface area contributed by atoms with Crippen LogP contribution in [0.15, 0.2) is 12.1 Å². The van der Waals surface area contributed by atoms with Crippen molar-refractivity contribution in [2.45, 2.75) is 25.9 Å². The number of hydrogen-bond acceptors (Lipinski definition) is 4. The lowest BCUT2D eigenvalue weighted by Gasteiger charge is -2.49. The second kappa shape index (κ2) is 6.64. The van der Waals surface area contributed by atoms with Crippen molar-refractivity contribution in [3.63, 3.8) is 0 Å². The van der Waals surface area contributed by atoms with E-state index in [2.05, 4.69) is 0 Å². The predicted octanol–water partition coefficient (Wildman–Crippen LogP) is 2.22. The Morgan fingerprint density at radius 2 is 2.00 bits per heavy atom. The van der Waals surface area contributed by atoms with Crippen LogP contribution in [0, 0.1) is 17.0 Å². The Bertz CT molecular complexity index is 635. The Balaban J connectivity index is 2.30. The number of carbonyl (C=O) groups is 1. The fraction of sp³-hybridized carbons (Fsp3) is 0.588. The molecule has 0 spiro atoms.